The molecular formula is C12H11ClOS. The van der Waals surface area contributed by atoms with E-state index in [1.165, 1.54) is 0 Å². The van der Waals surface area contributed by atoms with Crippen LogP contribution in [0.25, 0.3) is 0 Å². The maximum atomic E-state index is 10.1. The molecule has 0 saturated carbocycles. The normalized spacial score (nSPS) is 12.7. The molecule has 15 heavy (non-hydrogen) atoms. The predicted octanol–water partition coefficient (Wildman–Crippen LogP) is 3.79. The van der Waals surface area contributed by atoms with Crippen LogP contribution >= 0.6 is 22.9 Å². The molecule has 0 bridgehead atoms. The fraction of sp³-hybridized carbons (Fsp3) is 0.167. The summed E-state index contributed by atoms with van der Waals surface area (Å²) in [7, 11) is 0. The number of aryl methyl sites for hydroxylation is 1. The first-order chi connectivity index (χ1) is 7.18. The van der Waals surface area contributed by atoms with Crippen LogP contribution in [0.2, 0.25) is 5.02 Å². The third kappa shape index (κ3) is 2.23. The van der Waals surface area contributed by atoms with Gasteiger partial charge in [0.05, 0.1) is 0 Å². The smallest absolute Gasteiger partial charge is 0.105 e. The maximum Gasteiger partial charge on any atom is 0.105 e. The predicted molar refractivity (Wildman–Crippen MR) is 64.6 cm³/mol. The third-order valence-corrected chi connectivity index (χ3v) is 3.48. The van der Waals surface area contributed by atoms with E-state index in [2.05, 4.69) is 0 Å². The van der Waals surface area contributed by atoms with Crippen LogP contribution in [-0.2, 0) is 0 Å². The number of thiophene rings is 1. The Morgan fingerprint density at radius 2 is 2.07 bits per heavy atom. The molecule has 0 radical (unpaired) electrons. The van der Waals surface area contributed by atoms with Gasteiger partial charge in [0.15, 0.2) is 0 Å². The second-order valence-electron chi connectivity index (χ2n) is 3.47. The third-order valence-electron chi connectivity index (χ3n) is 2.36. The van der Waals surface area contributed by atoms with E-state index in [1.807, 2.05) is 41.9 Å². The summed E-state index contributed by atoms with van der Waals surface area (Å²) < 4.78 is 0. The van der Waals surface area contributed by atoms with Crippen molar-refractivity contribution < 1.29 is 5.11 Å². The van der Waals surface area contributed by atoms with E-state index >= 15 is 0 Å². The number of hydrogen-bond donors (Lipinski definition) is 1. The van der Waals surface area contributed by atoms with Gasteiger partial charge in [0, 0.05) is 5.02 Å². The molecule has 0 saturated heterocycles. The SMILES string of the molecule is Cc1cc(C(O)c2ccsc2)ccc1Cl. The van der Waals surface area contributed by atoms with Crippen molar-refractivity contribution in [1.29, 1.82) is 0 Å². The molecule has 0 spiro atoms. The molecule has 1 aromatic heterocycles. The Balaban J connectivity index is 2.34. The van der Waals surface area contributed by atoms with Gasteiger partial charge in [0.1, 0.15) is 6.10 Å². The zero-order valence-corrected chi connectivity index (χ0v) is 9.85. The quantitative estimate of drug-likeness (QED) is 0.844. The lowest BCUT2D eigenvalue weighted by Gasteiger charge is -2.10. The summed E-state index contributed by atoms with van der Waals surface area (Å²) in [6.45, 7) is 1.94. The molecule has 1 nitrogen and oxygen atoms in total. The van der Waals surface area contributed by atoms with Crippen LogP contribution < -0.4 is 0 Å². The number of hydrogen-bond acceptors (Lipinski definition) is 2. The van der Waals surface area contributed by atoms with E-state index in [4.69, 9.17) is 11.6 Å². The van der Waals surface area contributed by atoms with Gasteiger partial charge in [0.25, 0.3) is 0 Å². The highest BCUT2D eigenvalue weighted by atomic mass is 35.5. The van der Waals surface area contributed by atoms with Gasteiger partial charge in [0.2, 0.25) is 0 Å². The molecule has 1 heterocycles. The van der Waals surface area contributed by atoms with Crippen LogP contribution in [-0.4, -0.2) is 5.11 Å². The molecule has 0 amide bonds. The molecule has 1 atom stereocenters. The Bertz CT molecular complexity index is 451. The summed E-state index contributed by atoms with van der Waals surface area (Å²) in [5, 5.41) is 14.7. The molecule has 3 heteroatoms. The molecule has 2 rings (SSSR count). The van der Waals surface area contributed by atoms with Gasteiger partial charge in [-0.05, 0) is 46.5 Å². The van der Waals surface area contributed by atoms with E-state index in [0.29, 0.717) is 0 Å². The molecular weight excluding hydrogens is 228 g/mol. The van der Waals surface area contributed by atoms with Gasteiger partial charge in [-0.2, -0.15) is 11.3 Å². The number of aliphatic hydroxyl groups is 1. The first-order valence-electron chi connectivity index (χ1n) is 4.64. The fourth-order valence-electron chi connectivity index (χ4n) is 1.46. The first-order valence-corrected chi connectivity index (χ1v) is 5.97. The Labute approximate surface area is 98.0 Å². The minimum absolute atomic E-state index is 0.549. The molecule has 1 aromatic carbocycles. The molecule has 1 unspecified atom stereocenters. The lowest BCUT2D eigenvalue weighted by Crippen LogP contribution is -1.98. The van der Waals surface area contributed by atoms with Crippen molar-refractivity contribution in [2.45, 2.75) is 13.0 Å². The van der Waals surface area contributed by atoms with E-state index in [1.54, 1.807) is 11.3 Å². The monoisotopic (exact) mass is 238 g/mol. The van der Waals surface area contributed by atoms with Gasteiger partial charge in [-0.1, -0.05) is 23.7 Å². The van der Waals surface area contributed by atoms with Gasteiger partial charge in [-0.3, -0.25) is 0 Å². The highest BCUT2D eigenvalue weighted by Gasteiger charge is 2.11. The topological polar surface area (TPSA) is 20.2 Å². The summed E-state index contributed by atoms with van der Waals surface area (Å²) in [5.74, 6) is 0. The van der Waals surface area contributed by atoms with Crippen molar-refractivity contribution in [2.75, 3.05) is 0 Å². The average Bonchev–Trinajstić information content (AvgIpc) is 2.74. The second kappa shape index (κ2) is 4.35. The average molecular weight is 239 g/mol. The summed E-state index contributed by atoms with van der Waals surface area (Å²) >= 11 is 7.51. The molecule has 0 aliphatic heterocycles. The zero-order chi connectivity index (χ0) is 10.8. The van der Waals surface area contributed by atoms with E-state index in [-0.39, 0.29) is 0 Å². The number of benzene rings is 1. The summed E-state index contributed by atoms with van der Waals surface area (Å²) in [6, 6.07) is 7.53. The van der Waals surface area contributed by atoms with Crippen LogP contribution in [0.15, 0.2) is 35.0 Å². The van der Waals surface area contributed by atoms with Gasteiger partial charge >= 0.3 is 0 Å². The number of rotatable bonds is 2. The molecule has 0 fully saturated rings. The highest BCUT2D eigenvalue weighted by Crippen LogP contribution is 2.26. The largest absolute Gasteiger partial charge is 0.384 e. The van der Waals surface area contributed by atoms with E-state index < -0.39 is 6.10 Å². The Morgan fingerprint density at radius 3 is 2.67 bits per heavy atom. The van der Waals surface area contributed by atoms with Crippen molar-refractivity contribution in [3.63, 3.8) is 0 Å². The van der Waals surface area contributed by atoms with E-state index in [9.17, 15) is 5.11 Å². The fourth-order valence-corrected chi connectivity index (χ4v) is 2.26. The molecule has 0 aliphatic rings. The van der Waals surface area contributed by atoms with Crippen molar-refractivity contribution in [2.24, 2.45) is 0 Å². The van der Waals surface area contributed by atoms with Crippen LogP contribution in [0.5, 0.6) is 0 Å². The summed E-state index contributed by atoms with van der Waals surface area (Å²) in [6.07, 6.45) is -0.549. The number of halogens is 1. The van der Waals surface area contributed by atoms with Crippen LogP contribution in [0.4, 0.5) is 0 Å². The maximum absolute atomic E-state index is 10.1. The van der Waals surface area contributed by atoms with Crippen LogP contribution in [0, 0.1) is 6.92 Å². The number of aliphatic hydroxyl groups excluding tert-OH is 1. The standard InChI is InChI=1S/C12H11ClOS/c1-8-6-9(2-3-11(8)13)12(14)10-4-5-15-7-10/h2-7,12,14H,1H3. The molecule has 1 N–H and O–H groups in total. The molecule has 2 aromatic rings. The summed E-state index contributed by atoms with van der Waals surface area (Å²) in [4.78, 5) is 0. The molecule has 0 aliphatic carbocycles. The van der Waals surface area contributed by atoms with Crippen LogP contribution in [0.1, 0.15) is 22.8 Å². The zero-order valence-electron chi connectivity index (χ0n) is 8.27. The minimum atomic E-state index is -0.549. The van der Waals surface area contributed by atoms with Gasteiger partial charge < -0.3 is 5.11 Å². The van der Waals surface area contributed by atoms with Crippen molar-refractivity contribution in [1.82, 2.24) is 0 Å². The Kier molecular flexibility index (Phi) is 3.10. The summed E-state index contributed by atoms with van der Waals surface area (Å²) in [5.41, 5.74) is 2.81. The van der Waals surface area contributed by atoms with Crippen molar-refractivity contribution in [3.05, 3.63) is 56.7 Å². The Morgan fingerprint density at radius 1 is 1.27 bits per heavy atom. The lowest BCUT2D eigenvalue weighted by atomic mass is 10.0. The van der Waals surface area contributed by atoms with Crippen LogP contribution in [0.3, 0.4) is 0 Å². The van der Waals surface area contributed by atoms with Gasteiger partial charge in [-0.25, -0.2) is 0 Å². The highest BCUT2D eigenvalue weighted by molar-refractivity contribution is 7.07. The Hall–Kier alpha value is -0.830. The van der Waals surface area contributed by atoms with Crippen molar-refractivity contribution >= 4 is 22.9 Å². The lowest BCUT2D eigenvalue weighted by molar-refractivity contribution is 0.221. The second-order valence-corrected chi connectivity index (χ2v) is 4.66. The first kappa shape index (κ1) is 10.7. The minimum Gasteiger partial charge on any atom is -0.384 e. The van der Waals surface area contributed by atoms with E-state index in [0.717, 1.165) is 21.7 Å². The van der Waals surface area contributed by atoms with Crippen molar-refractivity contribution in [3.8, 4) is 0 Å². The van der Waals surface area contributed by atoms with Gasteiger partial charge in [-0.15, -0.1) is 0 Å². The molecule has 78 valence electrons.